The first kappa shape index (κ1) is 17.1. The van der Waals surface area contributed by atoms with E-state index < -0.39 is 0 Å². The molecule has 5 aliphatic rings. The van der Waals surface area contributed by atoms with Crippen LogP contribution in [0.2, 0.25) is 0 Å². The minimum absolute atomic E-state index is 0. The summed E-state index contributed by atoms with van der Waals surface area (Å²) >= 11 is 0. The number of fused-ring (bicyclic) bond motifs is 5. The van der Waals surface area contributed by atoms with Crippen LogP contribution in [0, 0.1) is 40.4 Å². The molecule has 0 aromatic heterocycles. The summed E-state index contributed by atoms with van der Waals surface area (Å²) in [5.74, 6) is 4.59. The number of hydrogen-bond acceptors (Lipinski definition) is 0. The molecule has 3 fully saturated rings. The van der Waals surface area contributed by atoms with Crippen LogP contribution in [0.3, 0.4) is 0 Å². The molecule has 0 amide bonds. The molecule has 0 aromatic carbocycles. The minimum atomic E-state index is 0. The molecule has 142 valence electrons. The van der Waals surface area contributed by atoms with Gasteiger partial charge in [-0.05, 0) is 104 Å². The summed E-state index contributed by atoms with van der Waals surface area (Å²) in [5.41, 5.74) is 4.55. The molecular formula is C26H38. The molecule has 5 aliphatic carbocycles. The number of allylic oxidation sites excluding steroid dienone is 7. The van der Waals surface area contributed by atoms with Crippen molar-refractivity contribution in [2.75, 3.05) is 0 Å². The summed E-state index contributed by atoms with van der Waals surface area (Å²) in [6.07, 6.45) is 24.5. The Hall–Kier alpha value is -1.04. The van der Waals surface area contributed by atoms with Crippen LogP contribution in [0.4, 0.5) is 0 Å². The van der Waals surface area contributed by atoms with Gasteiger partial charge in [0.15, 0.2) is 0 Å². The lowest BCUT2D eigenvalue weighted by atomic mass is 9.46. The molecule has 0 saturated heterocycles. The Kier molecular flexibility index (Phi) is 3.93. The molecule has 0 heterocycles. The van der Waals surface area contributed by atoms with Crippen molar-refractivity contribution in [1.29, 1.82) is 0 Å². The van der Waals surface area contributed by atoms with Crippen LogP contribution in [0.5, 0.6) is 0 Å². The summed E-state index contributed by atoms with van der Waals surface area (Å²) in [6.45, 7) is 9.34. The van der Waals surface area contributed by atoms with Crippen molar-refractivity contribution in [3.8, 4) is 0 Å². The Bertz CT molecular complexity index is 697. The highest BCUT2D eigenvalue weighted by Gasteiger charge is 2.58. The van der Waals surface area contributed by atoms with E-state index in [1.165, 1.54) is 57.8 Å². The fourth-order valence-corrected chi connectivity index (χ4v) is 8.12. The van der Waals surface area contributed by atoms with E-state index in [1.807, 2.05) is 5.57 Å². The topological polar surface area (TPSA) is 0 Å². The predicted molar refractivity (Wildman–Crippen MR) is 113 cm³/mol. The van der Waals surface area contributed by atoms with Gasteiger partial charge in [-0.25, -0.2) is 0 Å². The first-order chi connectivity index (χ1) is 12.6. The average molecular weight is 351 g/mol. The van der Waals surface area contributed by atoms with Gasteiger partial charge in [0.05, 0.1) is 0 Å². The Morgan fingerprint density at radius 3 is 2.73 bits per heavy atom. The van der Waals surface area contributed by atoms with Gasteiger partial charge in [0.2, 0.25) is 0 Å². The normalized spacial score (nSPS) is 49.2. The molecule has 26 heavy (non-hydrogen) atoms. The van der Waals surface area contributed by atoms with Crippen molar-refractivity contribution in [1.82, 2.24) is 0 Å². The summed E-state index contributed by atoms with van der Waals surface area (Å²) in [6, 6.07) is 0. The minimum Gasteiger partial charge on any atom is -0.103 e. The van der Waals surface area contributed by atoms with E-state index in [0.717, 1.165) is 29.6 Å². The molecule has 0 spiro atoms. The maximum atomic E-state index is 4.05. The lowest BCUT2D eigenvalue weighted by Crippen LogP contribution is -2.50. The summed E-state index contributed by atoms with van der Waals surface area (Å²) < 4.78 is 0. The van der Waals surface area contributed by atoms with Crippen LogP contribution in [-0.2, 0) is 0 Å². The zero-order valence-corrected chi connectivity index (χ0v) is 16.8. The van der Waals surface area contributed by atoms with Gasteiger partial charge in [-0.15, -0.1) is 6.58 Å². The van der Waals surface area contributed by atoms with E-state index in [1.54, 1.807) is 5.57 Å². The Morgan fingerprint density at radius 1 is 1.15 bits per heavy atom. The standard InChI is InChI=1S/C26H36.H2/c1-4-6-20-10-12-23-22-11-9-21-17-19(18-7-5-8-18)13-15-26(21,3)24(22)14-16-25(20,23)2;/h4-5,7-9,19-20,22-24H,1,6,10-17H2,2-3H3;1H/t19-,20?,22?,23?,24?,25+,26-;/m0./s1. The van der Waals surface area contributed by atoms with Crippen LogP contribution in [-0.4, -0.2) is 0 Å². The van der Waals surface area contributed by atoms with E-state index in [-0.39, 0.29) is 1.43 Å². The van der Waals surface area contributed by atoms with E-state index in [2.05, 4.69) is 50.8 Å². The summed E-state index contributed by atoms with van der Waals surface area (Å²) in [4.78, 5) is 0. The zero-order chi connectivity index (χ0) is 17.9. The molecule has 5 rings (SSSR count). The molecular weight excluding hydrogens is 312 g/mol. The van der Waals surface area contributed by atoms with Crippen molar-refractivity contribution in [3.63, 3.8) is 0 Å². The van der Waals surface area contributed by atoms with Gasteiger partial charge in [0.25, 0.3) is 0 Å². The quantitative estimate of drug-likeness (QED) is 0.462. The van der Waals surface area contributed by atoms with Gasteiger partial charge >= 0.3 is 0 Å². The maximum absolute atomic E-state index is 4.05. The highest BCUT2D eigenvalue weighted by atomic mass is 14.6. The fraction of sp³-hybridized carbons (Fsp3) is 0.692. The number of rotatable bonds is 3. The Balaban J connectivity index is 0.00000180. The predicted octanol–water partition coefficient (Wildman–Crippen LogP) is 7.50. The van der Waals surface area contributed by atoms with E-state index >= 15 is 0 Å². The molecule has 3 saturated carbocycles. The van der Waals surface area contributed by atoms with Crippen molar-refractivity contribution in [3.05, 3.63) is 48.1 Å². The molecule has 4 unspecified atom stereocenters. The summed E-state index contributed by atoms with van der Waals surface area (Å²) in [7, 11) is 0. The fourth-order valence-electron chi connectivity index (χ4n) is 8.12. The largest absolute Gasteiger partial charge is 0.103 e. The van der Waals surface area contributed by atoms with Gasteiger partial charge in [0.1, 0.15) is 0 Å². The zero-order valence-electron chi connectivity index (χ0n) is 16.8. The molecule has 0 aliphatic heterocycles. The second kappa shape index (κ2) is 5.98. The monoisotopic (exact) mass is 350 g/mol. The summed E-state index contributed by atoms with van der Waals surface area (Å²) in [5, 5.41) is 0. The van der Waals surface area contributed by atoms with Crippen molar-refractivity contribution in [2.24, 2.45) is 40.4 Å². The second-order valence-corrected chi connectivity index (χ2v) is 10.6. The molecule has 0 bridgehead atoms. The average Bonchev–Trinajstić information content (AvgIpc) is 2.91. The van der Waals surface area contributed by atoms with Gasteiger partial charge in [0, 0.05) is 1.43 Å². The van der Waals surface area contributed by atoms with Gasteiger partial charge in [-0.2, -0.15) is 0 Å². The molecule has 0 nitrogen and oxygen atoms in total. The van der Waals surface area contributed by atoms with Crippen LogP contribution in [0.25, 0.3) is 0 Å². The van der Waals surface area contributed by atoms with Crippen molar-refractivity contribution >= 4 is 0 Å². The highest BCUT2D eigenvalue weighted by Crippen LogP contribution is 2.67. The third-order valence-corrected chi connectivity index (χ3v) is 9.80. The van der Waals surface area contributed by atoms with Crippen molar-refractivity contribution in [2.45, 2.75) is 71.6 Å². The highest BCUT2D eigenvalue weighted by molar-refractivity contribution is 5.39. The van der Waals surface area contributed by atoms with Gasteiger partial charge in [-0.3, -0.25) is 0 Å². The van der Waals surface area contributed by atoms with Gasteiger partial charge in [-0.1, -0.05) is 49.8 Å². The lowest BCUT2D eigenvalue weighted by Gasteiger charge is -2.58. The Morgan fingerprint density at radius 2 is 2.00 bits per heavy atom. The number of hydrogen-bond donors (Lipinski definition) is 0. The molecule has 0 radical (unpaired) electrons. The molecule has 0 heteroatoms. The first-order valence-corrected chi connectivity index (χ1v) is 11.2. The van der Waals surface area contributed by atoms with Crippen molar-refractivity contribution < 1.29 is 1.43 Å². The van der Waals surface area contributed by atoms with Crippen LogP contribution >= 0.6 is 0 Å². The van der Waals surface area contributed by atoms with E-state index in [4.69, 9.17) is 0 Å². The van der Waals surface area contributed by atoms with E-state index in [0.29, 0.717) is 10.8 Å². The SMILES string of the molecule is C=CCC1CCC2C3CC=C4C[C@@H](C5=CC=C5)CC[C@]4(C)C3CC[C@]12C.[HH]. The second-order valence-electron chi connectivity index (χ2n) is 10.6. The van der Waals surface area contributed by atoms with Crippen LogP contribution in [0.15, 0.2) is 48.1 Å². The third-order valence-electron chi connectivity index (χ3n) is 9.80. The molecule has 0 N–H and O–H groups in total. The van der Waals surface area contributed by atoms with Crippen LogP contribution < -0.4 is 0 Å². The smallest absolute Gasteiger partial charge is 0 e. The maximum Gasteiger partial charge on any atom is 0 e. The first-order valence-electron chi connectivity index (χ1n) is 11.2. The lowest BCUT2D eigenvalue weighted by molar-refractivity contribution is -0.0427. The third kappa shape index (κ3) is 2.26. The van der Waals surface area contributed by atoms with E-state index in [9.17, 15) is 0 Å². The van der Waals surface area contributed by atoms with Crippen LogP contribution in [0.1, 0.15) is 73.1 Å². The van der Waals surface area contributed by atoms with Gasteiger partial charge < -0.3 is 0 Å². The molecule has 7 atom stereocenters. The molecule has 0 aromatic rings. The Labute approximate surface area is 162 Å².